The molecule has 14 heavy (non-hydrogen) atoms. The largest absolute Gasteiger partial charge is 0.320 e. The van der Waals surface area contributed by atoms with Gasteiger partial charge in [0.25, 0.3) is 0 Å². The summed E-state index contributed by atoms with van der Waals surface area (Å²) in [5.41, 5.74) is 4.22. The lowest BCUT2D eigenvalue weighted by molar-refractivity contribution is 0.101. The zero-order valence-corrected chi connectivity index (χ0v) is 7.69. The molecule has 0 aromatic carbocycles. The molecule has 2 aromatic rings. The van der Waals surface area contributed by atoms with Crippen LogP contribution in [0.4, 0.5) is 5.69 Å². The molecule has 0 aliphatic heterocycles. The molecule has 0 radical (unpaired) electrons. The van der Waals surface area contributed by atoms with E-state index in [1.165, 1.54) is 6.92 Å². The number of aromatic nitrogens is 2. The number of anilines is 1. The van der Waals surface area contributed by atoms with Gasteiger partial charge in [-0.2, -0.15) is 5.10 Å². The first-order chi connectivity index (χ1) is 6.74. The Morgan fingerprint density at radius 1 is 1.57 bits per heavy atom. The van der Waals surface area contributed by atoms with Crippen LogP contribution in [0.15, 0.2) is 24.4 Å². The Labute approximate surface area is 80.5 Å². The number of carbonyl (C=O) groups is 1. The van der Waals surface area contributed by atoms with Crippen molar-refractivity contribution in [3.8, 4) is 0 Å². The summed E-state index contributed by atoms with van der Waals surface area (Å²) < 4.78 is 1.62. The summed E-state index contributed by atoms with van der Waals surface area (Å²) in [6, 6.07) is 5.54. The molecule has 0 saturated carbocycles. The van der Waals surface area contributed by atoms with Gasteiger partial charge in [-0.1, -0.05) is 6.07 Å². The second kappa shape index (κ2) is 3.12. The minimum Gasteiger partial charge on any atom is -0.320 e. The number of ketones is 1. The van der Waals surface area contributed by atoms with Crippen LogP contribution in [-0.4, -0.2) is 15.4 Å². The van der Waals surface area contributed by atoms with Crippen LogP contribution in [0.1, 0.15) is 17.4 Å². The highest BCUT2D eigenvalue weighted by Crippen LogP contribution is 2.20. The highest BCUT2D eigenvalue weighted by Gasteiger charge is 2.14. The number of rotatable bonds is 2. The summed E-state index contributed by atoms with van der Waals surface area (Å²) in [6.07, 6.45) is 1.77. The van der Waals surface area contributed by atoms with Gasteiger partial charge in [0.15, 0.2) is 11.5 Å². The molecular weight excluding hydrogens is 180 g/mol. The summed E-state index contributed by atoms with van der Waals surface area (Å²) in [4.78, 5) is 11.2. The molecule has 2 rings (SSSR count). The number of carbonyl (C=O) groups excluding carboxylic acids is 1. The van der Waals surface area contributed by atoms with Gasteiger partial charge in [0, 0.05) is 13.1 Å². The van der Waals surface area contributed by atoms with E-state index in [0.29, 0.717) is 11.4 Å². The van der Waals surface area contributed by atoms with Crippen LogP contribution < -0.4 is 11.3 Å². The Kier molecular flexibility index (Phi) is 1.94. The van der Waals surface area contributed by atoms with Crippen molar-refractivity contribution < 1.29 is 4.79 Å². The summed E-state index contributed by atoms with van der Waals surface area (Å²) in [7, 11) is 0. The lowest BCUT2D eigenvalue weighted by atomic mass is 10.2. The Bertz CT molecular complexity index is 489. The first-order valence-corrected chi connectivity index (χ1v) is 4.19. The molecule has 5 nitrogen and oxygen atoms in total. The first-order valence-electron chi connectivity index (χ1n) is 4.19. The SMILES string of the molecule is CC(=O)c1nn2ccccc2c1NN. The van der Waals surface area contributed by atoms with Crippen LogP contribution in [-0.2, 0) is 0 Å². The van der Waals surface area contributed by atoms with Crippen molar-refractivity contribution >= 4 is 17.0 Å². The van der Waals surface area contributed by atoms with E-state index in [1.54, 1.807) is 10.7 Å². The number of pyridine rings is 1. The number of hydrogen-bond donors (Lipinski definition) is 2. The van der Waals surface area contributed by atoms with Crippen LogP contribution >= 0.6 is 0 Å². The highest BCUT2D eigenvalue weighted by atomic mass is 16.1. The molecule has 0 fully saturated rings. The quantitative estimate of drug-likeness (QED) is 0.418. The Hall–Kier alpha value is -1.88. The van der Waals surface area contributed by atoms with Gasteiger partial charge in [-0.25, -0.2) is 4.52 Å². The lowest BCUT2D eigenvalue weighted by Crippen LogP contribution is -2.09. The average molecular weight is 190 g/mol. The molecule has 0 aliphatic rings. The third-order valence-electron chi connectivity index (χ3n) is 2.02. The number of hydrogen-bond acceptors (Lipinski definition) is 4. The molecule has 2 heterocycles. The van der Waals surface area contributed by atoms with Crippen LogP contribution in [0.3, 0.4) is 0 Å². The predicted octanol–water partition coefficient (Wildman–Crippen LogP) is 0.823. The lowest BCUT2D eigenvalue weighted by Gasteiger charge is -1.97. The van der Waals surface area contributed by atoms with Crippen molar-refractivity contribution in [2.24, 2.45) is 5.84 Å². The van der Waals surface area contributed by atoms with Crippen molar-refractivity contribution in [1.29, 1.82) is 0 Å². The van der Waals surface area contributed by atoms with Crippen molar-refractivity contribution in [3.63, 3.8) is 0 Å². The molecular formula is C9H10N4O. The Balaban J connectivity index is 2.78. The van der Waals surface area contributed by atoms with Gasteiger partial charge >= 0.3 is 0 Å². The number of fused-ring (bicyclic) bond motifs is 1. The van der Waals surface area contributed by atoms with E-state index in [0.717, 1.165) is 5.52 Å². The maximum atomic E-state index is 11.2. The minimum absolute atomic E-state index is 0.110. The smallest absolute Gasteiger partial charge is 0.182 e. The number of Topliss-reactive ketones (excluding diaryl/α,β-unsaturated/α-hetero) is 1. The molecule has 0 amide bonds. The molecule has 5 heteroatoms. The van der Waals surface area contributed by atoms with Gasteiger partial charge in [0.05, 0.1) is 5.52 Å². The van der Waals surface area contributed by atoms with E-state index in [2.05, 4.69) is 10.5 Å². The normalized spacial score (nSPS) is 10.4. The molecule has 0 aliphatic carbocycles. The van der Waals surface area contributed by atoms with E-state index >= 15 is 0 Å². The predicted molar refractivity (Wildman–Crippen MR) is 53.0 cm³/mol. The molecule has 3 N–H and O–H groups in total. The molecule has 0 unspecified atom stereocenters. The Morgan fingerprint density at radius 3 is 3.00 bits per heavy atom. The monoisotopic (exact) mass is 190 g/mol. The third-order valence-corrected chi connectivity index (χ3v) is 2.02. The van der Waals surface area contributed by atoms with E-state index < -0.39 is 0 Å². The fraction of sp³-hybridized carbons (Fsp3) is 0.111. The minimum atomic E-state index is -0.110. The maximum Gasteiger partial charge on any atom is 0.182 e. The second-order valence-electron chi connectivity index (χ2n) is 2.95. The average Bonchev–Trinajstić information content (AvgIpc) is 2.56. The van der Waals surface area contributed by atoms with Crippen molar-refractivity contribution in [1.82, 2.24) is 9.61 Å². The molecule has 0 bridgehead atoms. The van der Waals surface area contributed by atoms with Crippen molar-refractivity contribution in [2.75, 3.05) is 5.43 Å². The zero-order valence-electron chi connectivity index (χ0n) is 7.69. The molecule has 72 valence electrons. The number of nitrogens with zero attached hydrogens (tertiary/aromatic N) is 2. The van der Waals surface area contributed by atoms with Crippen molar-refractivity contribution in [3.05, 3.63) is 30.1 Å². The fourth-order valence-electron chi connectivity index (χ4n) is 1.39. The van der Waals surface area contributed by atoms with E-state index in [-0.39, 0.29) is 5.78 Å². The molecule has 0 saturated heterocycles. The van der Waals surface area contributed by atoms with Crippen LogP contribution in [0, 0.1) is 0 Å². The topological polar surface area (TPSA) is 72.4 Å². The summed E-state index contributed by atoms with van der Waals surface area (Å²) in [6.45, 7) is 1.46. The number of nitrogens with one attached hydrogen (secondary N) is 1. The summed E-state index contributed by atoms with van der Waals surface area (Å²) in [5, 5.41) is 4.11. The first kappa shape index (κ1) is 8.71. The van der Waals surface area contributed by atoms with Crippen LogP contribution in [0.2, 0.25) is 0 Å². The van der Waals surface area contributed by atoms with Crippen molar-refractivity contribution in [2.45, 2.75) is 6.92 Å². The summed E-state index contributed by atoms with van der Waals surface area (Å²) in [5.74, 6) is 5.23. The second-order valence-corrected chi connectivity index (χ2v) is 2.95. The van der Waals surface area contributed by atoms with E-state index in [1.807, 2.05) is 18.2 Å². The Morgan fingerprint density at radius 2 is 2.36 bits per heavy atom. The van der Waals surface area contributed by atoms with Crippen LogP contribution in [0.5, 0.6) is 0 Å². The van der Waals surface area contributed by atoms with Gasteiger partial charge in [-0.15, -0.1) is 0 Å². The fourth-order valence-corrected chi connectivity index (χ4v) is 1.39. The van der Waals surface area contributed by atoms with Gasteiger partial charge in [0.2, 0.25) is 0 Å². The standard InChI is InChI=1S/C9H10N4O/c1-6(14)8-9(11-10)7-4-2-3-5-13(7)12-8/h2-5,11H,10H2,1H3. The zero-order chi connectivity index (χ0) is 10.1. The van der Waals surface area contributed by atoms with Gasteiger partial charge in [-0.3, -0.25) is 10.6 Å². The van der Waals surface area contributed by atoms with Gasteiger partial charge < -0.3 is 5.43 Å². The number of hydrazine groups is 1. The maximum absolute atomic E-state index is 11.2. The number of nitrogens with two attached hydrogens (primary N) is 1. The highest BCUT2D eigenvalue weighted by molar-refractivity contribution is 6.01. The number of nitrogen functional groups attached to an aromatic ring is 1. The van der Waals surface area contributed by atoms with E-state index in [9.17, 15) is 4.79 Å². The van der Waals surface area contributed by atoms with Gasteiger partial charge in [-0.05, 0) is 12.1 Å². The van der Waals surface area contributed by atoms with Crippen LogP contribution in [0.25, 0.3) is 5.52 Å². The summed E-state index contributed by atoms with van der Waals surface area (Å²) >= 11 is 0. The third kappa shape index (κ3) is 1.14. The van der Waals surface area contributed by atoms with Gasteiger partial charge in [0.1, 0.15) is 5.69 Å². The van der Waals surface area contributed by atoms with E-state index in [4.69, 9.17) is 5.84 Å². The molecule has 2 aromatic heterocycles. The molecule has 0 spiro atoms. The molecule has 0 atom stereocenters.